The molecule has 0 spiro atoms. The van der Waals surface area contributed by atoms with Gasteiger partial charge in [-0.05, 0) is 31.4 Å². The molecule has 1 fully saturated rings. The average molecular weight is 280 g/mol. The van der Waals surface area contributed by atoms with Crippen LogP contribution in [0.15, 0.2) is 23.0 Å². The van der Waals surface area contributed by atoms with Crippen molar-refractivity contribution in [1.82, 2.24) is 9.55 Å². The van der Waals surface area contributed by atoms with E-state index >= 15 is 0 Å². The second-order valence-corrected chi connectivity index (χ2v) is 7.54. The standard InChI is InChI=1S/C13H16N2O3S/c1-9-4-2-6-11-12(9)14-13(16)15(11)8-10-5-3-7-19(10,17)18/h2,4,6,10H,3,5,7-8H2,1H3,(H,14,16). The summed E-state index contributed by atoms with van der Waals surface area (Å²) in [5, 5.41) is -0.426. The van der Waals surface area contributed by atoms with Crippen molar-refractivity contribution >= 4 is 20.9 Å². The second kappa shape index (κ2) is 4.23. The number of rotatable bonds is 2. The molecule has 1 aliphatic rings. The number of fused-ring (bicyclic) bond motifs is 1. The number of H-pyrrole nitrogens is 1. The summed E-state index contributed by atoms with van der Waals surface area (Å²) in [5.41, 5.74) is 2.34. The largest absolute Gasteiger partial charge is 0.326 e. The summed E-state index contributed by atoms with van der Waals surface area (Å²) in [6.07, 6.45) is 1.34. The summed E-state index contributed by atoms with van der Waals surface area (Å²) >= 11 is 0. The summed E-state index contributed by atoms with van der Waals surface area (Å²) in [6, 6.07) is 5.65. The van der Waals surface area contributed by atoms with Crippen molar-refractivity contribution in [3.63, 3.8) is 0 Å². The first-order chi connectivity index (χ1) is 8.99. The van der Waals surface area contributed by atoms with Crippen LogP contribution in [0.3, 0.4) is 0 Å². The summed E-state index contributed by atoms with van der Waals surface area (Å²) in [7, 11) is -3.03. The van der Waals surface area contributed by atoms with Gasteiger partial charge in [-0.3, -0.25) is 4.57 Å². The number of aryl methyl sites for hydroxylation is 1. The van der Waals surface area contributed by atoms with E-state index in [-0.39, 0.29) is 18.0 Å². The van der Waals surface area contributed by atoms with Gasteiger partial charge in [0.25, 0.3) is 0 Å². The fourth-order valence-electron chi connectivity index (χ4n) is 2.77. The third kappa shape index (κ3) is 2.00. The zero-order chi connectivity index (χ0) is 13.6. The lowest BCUT2D eigenvalue weighted by Gasteiger charge is -2.10. The lowest BCUT2D eigenvalue weighted by atomic mass is 10.2. The quantitative estimate of drug-likeness (QED) is 0.899. The third-order valence-electron chi connectivity index (χ3n) is 3.87. The lowest BCUT2D eigenvalue weighted by molar-refractivity contribution is 0.565. The van der Waals surface area contributed by atoms with E-state index in [1.165, 1.54) is 0 Å². The highest BCUT2D eigenvalue weighted by Gasteiger charge is 2.32. The van der Waals surface area contributed by atoms with Gasteiger partial charge in [-0.2, -0.15) is 0 Å². The highest BCUT2D eigenvalue weighted by Crippen LogP contribution is 2.23. The highest BCUT2D eigenvalue weighted by atomic mass is 32.2. The monoisotopic (exact) mass is 280 g/mol. The van der Waals surface area contributed by atoms with E-state index in [2.05, 4.69) is 4.98 Å². The molecule has 1 N–H and O–H groups in total. The van der Waals surface area contributed by atoms with Crippen molar-refractivity contribution in [3.05, 3.63) is 34.2 Å². The molecule has 1 unspecified atom stereocenters. The van der Waals surface area contributed by atoms with Crippen LogP contribution in [0, 0.1) is 6.92 Å². The maximum absolute atomic E-state index is 12.0. The van der Waals surface area contributed by atoms with Crippen LogP contribution in [-0.4, -0.2) is 29.0 Å². The smallest absolute Gasteiger partial charge is 0.305 e. The van der Waals surface area contributed by atoms with E-state index in [1.54, 1.807) is 4.57 Å². The molecule has 2 heterocycles. The van der Waals surface area contributed by atoms with E-state index in [1.807, 2.05) is 25.1 Å². The van der Waals surface area contributed by atoms with Crippen LogP contribution in [-0.2, 0) is 16.4 Å². The van der Waals surface area contributed by atoms with E-state index in [0.29, 0.717) is 12.8 Å². The van der Waals surface area contributed by atoms with Gasteiger partial charge in [0.2, 0.25) is 0 Å². The number of hydrogen-bond acceptors (Lipinski definition) is 3. The Hall–Kier alpha value is -1.56. The van der Waals surface area contributed by atoms with Gasteiger partial charge in [-0.1, -0.05) is 12.1 Å². The molecule has 1 saturated heterocycles. The molecule has 2 aromatic rings. The second-order valence-electron chi connectivity index (χ2n) is 5.14. The molecule has 1 aromatic carbocycles. The first kappa shape index (κ1) is 12.5. The number of aromatic nitrogens is 2. The van der Waals surface area contributed by atoms with Crippen molar-refractivity contribution in [3.8, 4) is 0 Å². The van der Waals surface area contributed by atoms with Crippen LogP contribution in [0.4, 0.5) is 0 Å². The Labute approximate surface area is 111 Å². The fraction of sp³-hybridized carbons (Fsp3) is 0.462. The van der Waals surface area contributed by atoms with E-state index in [0.717, 1.165) is 16.6 Å². The summed E-state index contributed by atoms with van der Waals surface area (Å²) in [4.78, 5) is 14.8. The van der Waals surface area contributed by atoms with Gasteiger partial charge in [0.05, 0.1) is 22.0 Å². The van der Waals surface area contributed by atoms with Gasteiger partial charge in [-0.25, -0.2) is 13.2 Å². The van der Waals surface area contributed by atoms with Gasteiger partial charge >= 0.3 is 5.69 Å². The fourth-order valence-corrected chi connectivity index (χ4v) is 4.58. The molecule has 19 heavy (non-hydrogen) atoms. The number of imidazole rings is 1. The molecule has 1 atom stereocenters. The Morgan fingerprint density at radius 2 is 2.21 bits per heavy atom. The van der Waals surface area contributed by atoms with Crippen molar-refractivity contribution in [2.45, 2.75) is 31.6 Å². The zero-order valence-electron chi connectivity index (χ0n) is 10.7. The van der Waals surface area contributed by atoms with Gasteiger partial charge in [-0.15, -0.1) is 0 Å². The van der Waals surface area contributed by atoms with Crippen molar-refractivity contribution in [2.75, 3.05) is 5.75 Å². The Kier molecular flexibility index (Phi) is 2.78. The van der Waals surface area contributed by atoms with Crippen LogP contribution in [0.2, 0.25) is 0 Å². The first-order valence-electron chi connectivity index (χ1n) is 6.39. The van der Waals surface area contributed by atoms with Crippen molar-refractivity contribution in [2.24, 2.45) is 0 Å². The predicted octanol–water partition coefficient (Wildman–Crippen LogP) is 1.22. The molecule has 0 amide bonds. The third-order valence-corrected chi connectivity index (χ3v) is 6.13. The van der Waals surface area contributed by atoms with Crippen LogP contribution in [0.5, 0.6) is 0 Å². The molecule has 1 aromatic heterocycles. The first-order valence-corrected chi connectivity index (χ1v) is 8.10. The molecule has 0 aliphatic carbocycles. The Morgan fingerprint density at radius 3 is 2.89 bits per heavy atom. The van der Waals surface area contributed by atoms with Gasteiger partial charge in [0.15, 0.2) is 9.84 Å². The molecule has 3 rings (SSSR count). The molecule has 6 heteroatoms. The minimum Gasteiger partial charge on any atom is -0.305 e. The van der Waals surface area contributed by atoms with Crippen LogP contribution in [0.1, 0.15) is 18.4 Å². The zero-order valence-corrected chi connectivity index (χ0v) is 11.5. The molecule has 1 aliphatic heterocycles. The molecule has 102 valence electrons. The number of para-hydroxylation sites is 1. The Morgan fingerprint density at radius 1 is 1.42 bits per heavy atom. The minimum absolute atomic E-state index is 0.230. The van der Waals surface area contributed by atoms with E-state index in [4.69, 9.17) is 0 Å². The van der Waals surface area contributed by atoms with E-state index < -0.39 is 15.1 Å². The van der Waals surface area contributed by atoms with Crippen LogP contribution < -0.4 is 5.69 Å². The minimum atomic E-state index is -3.03. The maximum Gasteiger partial charge on any atom is 0.326 e. The van der Waals surface area contributed by atoms with Crippen LogP contribution >= 0.6 is 0 Å². The Balaban J connectivity index is 2.09. The summed E-state index contributed by atoms with van der Waals surface area (Å²) in [6.45, 7) is 2.18. The molecular weight excluding hydrogens is 264 g/mol. The number of nitrogens with one attached hydrogen (secondary N) is 1. The van der Waals surface area contributed by atoms with Gasteiger partial charge in [0.1, 0.15) is 0 Å². The predicted molar refractivity (Wildman–Crippen MR) is 74.1 cm³/mol. The number of hydrogen-bond donors (Lipinski definition) is 1. The lowest BCUT2D eigenvalue weighted by Crippen LogP contribution is -2.27. The number of benzene rings is 1. The molecule has 0 bridgehead atoms. The maximum atomic E-state index is 12.0. The summed E-state index contributed by atoms with van der Waals surface area (Å²) < 4.78 is 25.3. The number of aromatic amines is 1. The van der Waals surface area contributed by atoms with Gasteiger partial charge < -0.3 is 4.98 Å². The highest BCUT2D eigenvalue weighted by molar-refractivity contribution is 7.92. The molecule has 0 saturated carbocycles. The Bertz CT molecular complexity index is 786. The average Bonchev–Trinajstić information content (AvgIpc) is 2.83. The topological polar surface area (TPSA) is 71.9 Å². The molecular formula is C13H16N2O3S. The van der Waals surface area contributed by atoms with Gasteiger partial charge in [0, 0.05) is 6.54 Å². The molecule has 0 radical (unpaired) electrons. The van der Waals surface area contributed by atoms with Crippen molar-refractivity contribution < 1.29 is 8.42 Å². The van der Waals surface area contributed by atoms with E-state index in [9.17, 15) is 13.2 Å². The number of nitrogens with zero attached hydrogens (tertiary/aromatic N) is 1. The van der Waals surface area contributed by atoms with Crippen LogP contribution in [0.25, 0.3) is 11.0 Å². The normalized spacial score (nSPS) is 22.1. The van der Waals surface area contributed by atoms with Crippen molar-refractivity contribution in [1.29, 1.82) is 0 Å². The number of sulfone groups is 1. The summed E-state index contributed by atoms with van der Waals surface area (Å²) in [5.74, 6) is 0.244. The molecule has 5 nitrogen and oxygen atoms in total. The SMILES string of the molecule is Cc1cccc2c1[nH]c(=O)n2CC1CCCS1(=O)=O.